The number of nitrogens with zero attached hydrogens (tertiary/aromatic N) is 2. The molecule has 10 heteroatoms. The Kier molecular flexibility index (Phi) is 11.3. The molecule has 2 aromatic rings. The summed E-state index contributed by atoms with van der Waals surface area (Å²) in [4.78, 5) is 3.72. The zero-order valence-electron chi connectivity index (χ0n) is 19.1. The summed E-state index contributed by atoms with van der Waals surface area (Å²) in [6.45, 7) is 1.08. The van der Waals surface area contributed by atoms with Gasteiger partial charge >= 0.3 is 0 Å². The predicted molar refractivity (Wildman–Crippen MR) is 136 cm³/mol. The van der Waals surface area contributed by atoms with Gasteiger partial charge in [0.05, 0.1) is 20.1 Å². The molecule has 6 nitrogen and oxygen atoms in total. The quantitative estimate of drug-likeness (QED) is 0.414. The number of aliphatic hydroxyl groups is 2. The molecule has 33 heavy (non-hydrogen) atoms. The third kappa shape index (κ3) is 9.30. The number of aliphatic hydroxyl groups excluding tert-OH is 2. The maximum Gasteiger partial charge on any atom is 0.156 e. The average Bonchev–Trinajstić information content (AvgIpc) is 2.65. The zero-order valence-corrected chi connectivity index (χ0v) is 22.1. The van der Waals surface area contributed by atoms with Crippen LogP contribution in [0, 0.1) is 0 Å². The van der Waals surface area contributed by atoms with Crippen molar-refractivity contribution in [1.82, 2.24) is 9.80 Å². The zero-order chi connectivity index (χ0) is 24.7. The molecule has 0 saturated heterocycles. The molecule has 0 spiro atoms. The number of hydrogen-bond acceptors (Lipinski definition) is 6. The Labute approximate surface area is 215 Å². The molecule has 0 aliphatic rings. The van der Waals surface area contributed by atoms with E-state index in [4.69, 9.17) is 55.9 Å². The lowest BCUT2D eigenvalue weighted by Gasteiger charge is -2.18. The van der Waals surface area contributed by atoms with Crippen molar-refractivity contribution in [3.63, 3.8) is 0 Å². The van der Waals surface area contributed by atoms with Crippen LogP contribution in [0.25, 0.3) is 0 Å². The van der Waals surface area contributed by atoms with Crippen molar-refractivity contribution in [2.75, 3.05) is 54.5 Å². The summed E-state index contributed by atoms with van der Waals surface area (Å²) >= 11 is 25.5. The van der Waals surface area contributed by atoms with Gasteiger partial charge in [0.2, 0.25) is 0 Å². The van der Waals surface area contributed by atoms with E-state index in [1.165, 1.54) is 0 Å². The third-order valence-corrected chi connectivity index (χ3v) is 5.64. The minimum Gasteiger partial charge on any atom is -0.488 e. The lowest BCUT2D eigenvalue weighted by molar-refractivity contribution is 0.0831. The number of benzene rings is 2. The Balaban J connectivity index is 2.08. The summed E-state index contributed by atoms with van der Waals surface area (Å²) in [5, 5.41) is 21.4. The third-order valence-electron chi connectivity index (χ3n) is 4.52. The fourth-order valence-electron chi connectivity index (χ4n) is 3.25. The fraction of sp³-hybridized carbons (Fsp3) is 0.478. The lowest BCUT2D eigenvalue weighted by atomic mass is 10.0. The first-order valence-corrected chi connectivity index (χ1v) is 11.8. The van der Waals surface area contributed by atoms with Crippen molar-refractivity contribution in [3.8, 4) is 11.5 Å². The second-order valence-corrected chi connectivity index (χ2v) is 10.0. The molecule has 0 aromatic heterocycles. The molecule has 0 amide bonds. The van der Waals surface area contributed by atoms with Gasteiger partial charge in [-0.3, -0.25) is 0 Å². The van der Waals surface area contributed by atoms with Gasteiger partial charge in [0.25, 0.3) is 0 Å². The second kappa shape index (κ2) is 13.2. The van der Waals surface area contributed by atoms with Crippen molar-refractivity contribution < 1.29 is 19.7 Å². The highest BCUT2D eigenvalue weighted by Crippen LogP contribution is 2.37. The van der Waals surface area contributed by atoms with Crippen molar-refractivity contribution in [2.45, 2.75) is 18.6 Å². The van der Waals surface area contributed by atoms with Crippen LogP contribution < -0.4 is 9.47 Å². The van der Waals surface area contributed by atoms with Crippen LogP contribution >= 0.6 is 46.4 Å². The number of ether oxygens (including phenoxy) is 2. The van der Waals surface area contributed by atoms with E-state index in [1.54, 1.807) is 24.3 Å². The summed E-state index contributed by atoms with van der Waals surface area (Å²) in [7, 11) is 7.46. The summed E-state index contributed by atoms with van der Waals surface area (Å²) in [6.07, 6.45) is -0.854. The van der Waals surface area contributed by atoms with Crippen LogP contribution in [-0.4, -0.2) is 86.7 Å². The monoisotopic (exact) mass is 538 g/mol. The smallest absolute Gasteiger partial charge is 0.156 e. The Hall–Kier alpha value is -0.960. The molecule has 0 fully saturated rings. The maximum absolute atomic E-state index is 9.99. The maximum atomic E-state index is 9.99. The number of halogens is 4. The van der Waals surface area contributed by atoms with Crippen LogP contribution in [0.1, 0.15) is 11.1 Å². The van der Waals surface area contributed by atoms with Crippen LogP contribution in [0.4, 0.5) is 0 Å². The van der Waals surface area contributed by atoms with E-state index in [0.29, 0.717) is 51.1 Å². The summed E-state index contributed by atoms with van der Waals surface area (Å²) in [6, 6.07) is 7.02. The summed E-state index contributed by atoms with van der Waals surface area (Å²) < 4.78 is 11.3. The molecule has 0 saturated carbocycles. The topological polar surface area (TPSA) is 65.4 Å². The van der Waals surface area contributed by atoms with Crippen molar-refractivity contribution in [2.24, 2.45) is 0 Å². The Bertz CT molecular complexity index is 808. The van der Waals surface area contributed by atoms with E-state index >= 15 is 0 Å². The number of hydrogen-bond donors (Lipinski definition) is 2. The molecule has 0 heterocycles. The minimum atomic E-state index is -0.666. The van der Waals surface area contributed by atoms with Gasteiger partial charge in [0, 0.05) is 13.1 Å². The molecule has 2 aromatic carbocycles. The Morgan fingerprint density at radius 2 is 0.970 bits per heavy atom. The van der Waals surface area contributed by atoms with E-state index in [9.17, 15) is 10.2 Å². The first-order chi connectivity index (χ1) is 15.5. The fourth-order valence-corrected chi connectivity index (χ4v) is 4.53. The second-order valence-electron chi connectivity index (χ2n) is 8.41. The van der Waals surface area contributed by atoms with Crippen molar-refractivity contribution >= 4 is 46.4 Å². The molecule has 2 atom stereocenters. The molecule has 0 aliphatic heterocycles. The van der Waals surface area contributed by atoms with Gasteiger partial charge in [-0.2, -0.15) is 0 Å². The van der Waals surface area contributed by atoms with Crippen LogP contribution in [0.3, 0.4) is 0 Å². The molecular weight excluding hydrogens is 510 g/mol. The van der Waals surface area contributed by atoms with E-state index in [2.05, 4.69) is 0 Å². The molecule has 0 radical (unpaired) electrons. The molecular formula is C23H30Cl4N2O4. The van der Waals surface area contributed by atoms with Gasteiger partial charge in [0.15, 0.2) is 11.5 Å². The van der Waals surface area contributed by atoms with Gasteiger partial charge in [-0.15, -0.1) is 0 Å². The van der Waals surface area contributed by atoms with E-state index in [1.807, 2.05) is 38.0 Å². The molecule has 0 aliphatic carbocycles. The first-order valence-electron chi connectivity index (χ1n) is 10.3. The predicted octanol–water partition coefficient (Wildman–Crippen LogP) is 4.49. The number of rotatable bonds is 12. The summed E-state index contributed by atoms with van der Waals surface area (Å²) in [5.74, 6) is 0.659. The van der Waals surface area contributed by atoms with Crippen LogP contribution in [0.5, 0.6) is 11.5 Å². The van der Waals surface area contributed by atoms with Gasteiger partial charge in [-0.1, -0.05) is 46.4 Å². The normalized spacial score (nSPS) is 13.5. The first kappa shape index (κ1) is 28.3. The van der Waals surface area contributed by atoms with E-state index in [-0.39, 0.29) is 13.2 Å². The molecule has 2 N–H and O–H groups in total. The van der Waals surface area contributed by atoms with Crippen LogP contribution in [-0.2, 0) is 6.42 Å². The molecule has 2 rings (SSSR count). The van der Waals surface area contributed by atoms with E-state index < -0.39 is 12.2 Å². The van der Waals surface area contributed by atoms with Gasteiger partial charge in [-0.05, 0) is 70.0 Å². The Morgan fingerprint density at radius 3 is 1.24 bits per heavy atom. The highest BCUT2D eigenvalue weighted by molar-refractivity contribution is 6.38. The SMILES string of the molecule is CN(C)CC(O)COc1c(Cl)cc(Cc2cc(Cl)c(OCC(O)CN(C)C)c(Cl)c2)cc1Cl. The van der Waals surface area contributed by atoms with Crippen molar-refractivity contribution in [3.05, 3.63) is 55.5 Å². The highest BCUT2D eigenvalue weighted by atomic mass is 35.5. The van der Waals surface area contributed by atoms with Gasteiger partial charge < -0.3 is 29.5 Å². The standard InChI is InChI=1S/C23H30Cl4N2O4/c1-28(2)10-16(30)12-32-22-18(24)6-14(7-19(22)25)5-15-8-20(26)23(21(27)9-15)33-13-17(31)11-29(3)4/h6-9,16-17,30-31H,5,10-13H2,1-4H3. The highest BCUT2D eigenvalue weighted by Gasteiger charge is 2.16. The largest absolute Gasteiger partial charge is 0.488 e. The molecule has 0 bridgehead atoms. The average molecular weight is 540 g/mol. The summed E-state index contributed by atoms with van der Waals surface area (Å²) in [5.41, 5.74) is 1.68. The van der Waals surface area contributed by atoms with Crippen LogP contribution in [0.15, 0.2) is 24.3 Å². The van der Waals surface area contributed by atoms with Gasteiger partial charge in [-0.25, -0.2) is 0 Å². The number of likely N-dealkylation sites (N-methyl/N-ethyl adjacent to an activating group) is 2. The molecule has 184 valence electrons. The van der Waals surface area contributed by atoms with Crippen LogP contribution in [0.2, 0.25) is 20.1 Å². The van der Waals surface area contributed by atoms with E-state index in [0.717, 1.165) is 11.1 Å². The minimum absolute atomic E-state index is 0.0763. The molecule has 2 unspecified atom stereocenters. The van der Waals surface area contributed by atoms with Gasteiger partial charge in [0.1, 0.15) is 25.4 Å². The Morgan fingerprint density at radius 1 is 0.667 bits per heavy atom. The lowest BCUT2D eigenvalue weighted by Crippen LogP contribution is -2.30. The van der Waals surface area contributed by atoms with Crippen molar-refractivity contribution in [1.29, 1.82) is 0 Å².